The summed E-state index contributed by atoms with van der Waals surface area (Å²) in [6.45, 7) is -0.192. The maximum absolute atomic E-state index is 12.5. The van der Waals surface area contributed by atoms with Crippen molar-refractivity contribution in [1.82, 2.24) is 14.7 Å². The van der Waals surface area contributed by atoms with Crippen molar-refractivity contribution >= 4 is 34.7 Å². The standard InChI is InChI=1S/C15H15N5O5/c16-15(23)14-11-7-10(20(24)25)3-4-12(11)19(17-14)8-13(22)18(5-6-21)9-1-2-9/h3-4,6-7,9H,1-2,5,8H2,(H2,16,23). The van der Waals surface area contributed by atoms with Crippen molar-refractivity contribution in [3.63, 3.8) is 0 Å². The van der Waals surface area contributed by atoms with Crippen molar-refractivity contribution in [2.45, 2.75) is 25.4 Å². The van der Waals surface area contributed by atoms with Gasteiger partial charge >= 0.3 is 0 Å². The van der Waals surface area contributed by atoms with Crippen LogP contribution in [0.1, 0.15) is 23.3 Å². The number of hydrogen-bond acceptors (Lipinski definition) is 6. The molecule has 0 unspecified atom stereocenters. The Morgan fingerprint density at radius 3 is 2.72 bits per heavy atom. The molecule has 130 valence electrons. The summed E-state index contributed by atoms with van der Waals surface area (Å²) in [6.07, 6.45) is 2.35. The first-order valence-corrected chi connectivity index (χ1v) is 7.60. The van der Waals surface area contributed by atoms with Crippen LogP contribution in [-0.2, 0) is 16.1 Å². The Kier molecular flexibility index (Phi) is 4.17. The van der Waals surface area contributed by atoms with Gasteiger partial charge in [-0.2, -0.15) is 5.10 Å². The molecular weight excluding hydrogens is 330 g/mol. The van der Waals surface area contributed by atoms with Crippen LogP contribution in [0.5, 0.6) is 0 Å². The number of carbonyl (C=O) groups is 3. The van der Waals surface area contributed by atoms with Crippen LogP contribution < -0.4 is 5.73 Å². The minimum absolute atomic E-state index is 0.00313. The third kappa shape index (κ3) is 3.18. The van der Waals surface area contributed by atoms with Crippen molar-refractivity contribution in [3.8, 4) is 0 Å². The van der Waals surface area contributed by atoms with Crippen molar-refractivity contribution < 1.29 is 19.3 Å². The number of nitrogens with zero attached hydrogens (tertiary/aromatic N) is 4. The van der Waals surface area contributed by atoms with Gasteiger partial charge in [0, 0.05) is 23.6 Å². The predicted molar refractivity (Wildman–Crippen MR) is 85.7 cm³/mol. The summed E-state index contributed by atoms with van der Waals surface area (Å²) in [7, 11) is 0. The van der Waals surface area contributed by atoms with Gasteiger partial charge in [-0.1, -0.05) is 0 Å². The van der Waals surface area contributed by atoms with Crippen LogP contribution in [0.3, 0.4) is 0 Å². The van der Waals surface area contributed by atoms with E-state index in [4.69, 9.17) is 5.73 Å². The number of amides is 2. The van der Waals surface area contributed by atoms with Crippen molar-refractivity contribution in [2.24, 2.45) is 5.73 Å². The lowest BCUT2D eigenvalue weighted by Gasteiger charge is -2.19. The van der Waals surface area contributed by atoms with Gasteiger partial charge in [-0.25, -0.2) is 0 Å². The molecule has 3 rings (SSSR count). The third-order valence-corrected chi connectivity index (χ3v) is 4.04. The fourth-order valence-corrected chi connectivity index (χ4v) is 2.72. The Morgan fingerprint density at radius 1 is 1.44 bits per heavy atom. The van der Waals surface area contributed by atoms with Gasteiger partial charge in [-0.15, -0.1) is 0 Å². The Labute approximate surface area is 141 Å². The first-order chi connectivity index (χ1) is 11.9. The fraction of sp³-hybridized carbons (Fsp3) is 0.333. The molecule has 0 spiro atoms. The molecule has 2 aromatic rings. The molecule has 2 N–H and O–H groups in total. The average molecular weight is 345 g/mol. The van der Waals surface area contributed by atoms with Crippen molar-refractivity contribution in [2.75, 3.05) is 6.54 Å². The van der Waals surface area contributed by atoms with Crippen molar-refractivity contribution in [1.29, 1.82) is 0 Å². The van der Waals surface area contributed by atoms with E-state index in [-0.39, 0.29) is 41.8 Å². The number of primary amides is 1. The maximum atomic E-state index is 12.5. The second-order valence-corrected chi connectivity index (χ2v) is 5.77. The van der Waals surface area contributed by atoms with Gasteiger partial charge in [0.2, 0.25) is 5.91 Å². The number of aldehydes is 1. The summed E-state index contributed by atoms with van der Waals surface area (Å²) in [4.78, 5) is 46.6. The van der Waals surface area contributed by atoms with Crippen LogP contribution in [0.15, 0.2) is 18.2 Å². The number of fused-ring (bicyclic) bond motifs is 1. The molecule has 0 saturated heterocycles. The highest BCUT2D eigenvalue weighted by Crippen LogP contribution is 2.28. The van der Waals surface area contributed by atoms with E-state index in [1.165, 1.54) is 27.8 Å². The number of nitrogens with two attached hydrogens (primary N) is 1. The molecule has 25 heavy (non-hydrogen) atoms. The van der Waals surface area contributed by atoms with Crippen LogP contribution in [0.25, 0.3) is 10.9 Å². The van der Waals surface area contributed by atoms with E-state index in [0.717, 1.165) is 12.8 Å². The zero-order chi connectivity index (χ0) is 18.1. The zero-order valence-electron chi connectivity index (χ0n) is 13.1. The molecule has 1 fully saturated rings. The van der Waals surface area contributed by atoms with Crippen LogP contribution >= 0.6 is 0 Å². The summed E-state index contributed by atoms with van der Waals surface area (Å²) in [5, 5.41) is 15.2. The normalized spacial score (nSPS) is 13.6. The van der Waals surface area contributed by atoms with Gasteiger partial charge in [0.25, 0.3) is 11.6 Å². The SMILES string of the molecule is NC(=O)c1nn(CC(=O)N(CC=O)C2CC2)c2ccc([N+](=O)[O-])cc12. The number of benzene rings is 1. The minimum atomic E-state index is -0.844. The molecule has 0 aliphatic heterocycles. The highest BCUT2D eigenvalue weighted by Gasteiger charge is 2.32. The molecule has 1 aromatic heterocycles. The fourth-order valence-electron chi connectivity index (χ4n) is 2.72. The van der Waals surface area contributed by atoms with E-state index in [1.807, 2.05) is 0 Å². The van der Waals surface area contributed by atoms with E-state index in [9.17, 15) is 24.5 Å². The molecular formula is C15H15N5O5. The van der Waals surface area contributed by atoms with E-state index >= 15 is 0 Å². The van der Waals surface area contributed by atoms with Gasteiger partial charge in [0.05, 0.1) is 17.0 Å². The van der Waals surface area contributed by atoms with E-state index in [1.54, 1.807) is 0 Å². The topological polar surface area (TPSA) is 141 Å². The number of non-ortho nitro benzene ring substituents is 1. The number of rotatable bonds is 7. The van der Waals surface area contributed by atoms with Crippen molar-refractivity contribution in [3.05, 3.63) is 34.0 Å². The number of nitro groups is 1. The molecule has 1 heterocycles. The van der Waals surface area contributed by atoms with Crippen LogP contribution in [0.4, 0.5) is 5.69 Å². The number of carbonyl (C=O) groups excluding carboxylic acids is 3. The van der Waals surface area contributed by atoms with Crippen LogP contribution in [0, 0.1) is 10.1 Å². The minimum Gasteiger partial charge on any atom is -0.364 e. The van der Waals surface area contributed by atoms with Gasteiger partial charge in [-0.05, 0) is 18.9 Å². The molecule has 1 aromatic carbocycles. The Morgan fingerprint density at radius 2 is 2.16 bits per heavy atom. The maximum Gasteiger partial charge on any atom is 0.270 e. The molecule has 0 bridgehead atoms. The molecule has 1 saturated carbocycles. The summed E-state index contributed by atoms with van der Waals surface area (Å²) in [6, 6.07) is 3.94. The molecule has 0 radical (unpaired) electrons. The third-order valence-electron chi connectivity index (χ3n) is 4.04. The van der Waals surface area contributed by atoms with Crippen LogP contribution in [-0.4, -0.2) is 50.3 Å². The predicted octanol–water partition coefficient (Wildman–Crippen LogP) is 0.233. The van der Waals surface area contributed by atoms with E-state index in [0.29, 0.717) is 11.8 Å². The lowest BCUT2D eigenvalue weighted by atomic mass is 10.2. The number of aromatic nitrogens is 2. The first kappa shape index (κ1) is 16.6. The lowest BCUT2D eigenvalue weighted by molar-refractivity contribution is -0.384. The van der Waals surface area contributed by atoms with Gasteiger partial charge < -0.3 is 15.4 Å². The lowest BCUT2D eigenvalue weighted by Crippen LogP contribution is -2.37. The van der Waals surface area contributed by atoms with Gasteiger partial charge in [0.15, 0.2) is 5.69 Å². The highest BCUT2D eigenvalue weighted by molar-refractivity contribution is 6.04. The van der Waals surface area contributed by atoms with Gasteiger partial charge in [0.1, 0.15) is 12.8 Å². The molecule has 10 nitrogen and oxygen atoms in total. The second kappa shape index (κ2) is 6.30. The molecule has 0 atom stereocenters. The van der Waals surface area contributed by atoms with Crippen LogP contribution in [0.2, 0.25) is 0 Å². The van der Waals surface area contributed by atoms with E-state index in [2.05, 4.69) is 5.10 Å². The number of hydrogen-bond donors (Lipinski definition) is 1. The Balaban J connectivity index is 1.98. The van der Waals surface area contributed by atoms with E-state index < -0.39 is 10.8 Å². The quantitative estimate of drug-likeness (QED) is 0.432. The average Bonchev–Trinajstić information content (AvgIpc) is 3.34. The van der Waals surface area contributed by atoms with Gasteiger partial charge in [-0.3, -0.25) is 24.4 Å². The largest absolute Gasteiger partial charge is 0.364 e. The number of nitro benzene ring substituents is 1. The highest BCUT2D eigenvalue weighted by atomic mass is 16.6. The first-order valence-electron chi connectivity index (χ1n) is 7.60. The Bertz CT molecular complexity index is 886. The monoisotopic (exact) mass is 345 g/mol. The molecule has 2 amide bonds. The summed E-state index contributed by atoms with van der Waals surface area (Å²) in [5.41, 5.74) is 5.33. The molecule has 1 aliphatic rings. The molecule has 10 heteroatoms. The summed E-state index contributed by atoms with van der Waals surface area (Å²) >= 11 is 0. The zero-order valence-corrected chi connectivity index (χ0v) is 13.1. The molecule has 1 aliphatic carbocycles. The smallest absolute Gasteiger partial charge is 0.270 e. The Hall–Kier alpha value is -3.30. The second-order valence-electron chi connectivity index (χ2n) is 5.77. The summed E-state index contributed by atoms with van der Waals surface area (Å²) in [5.74, 6) is -1.16. The summed E-state index contributed by atoms with van der Waals surface area (Å²) < 4.78 is 1.28.